The second-order valence-corrected chi connectivity index (χ2v) is 6.92. The topological polar surface area (TPSA) is 98.7 Å². The molecule has 3 N–H and O–H groups in total. The summed E-state index contributed by atoms with van der Waals surface area (Å²) in [6, 6.07) is 15.6. The maximum Gasteiger partial charge on any atom is 0.267 e. The Hall–Kier alpha value is -3.97. The fraction of sp³-hybridized carbons (Fsp3) is 0.160. The molecule has 0 spiro atoms. The third kappa shape index (κ3) is 7.37. The molecular weight excluding hydrogens is 406 g/mol. The van der Waals surface area contributed by atoms with Gasteiger partial charge in [-0.15, -0.1) is 0 Å². The smallest absolute Gasteiger partial charge is 0.267 e. The van der Waals surface area contributed by atoms with E-state index in [2.05, 4.69) is 5.32 Å². The van der Waals surface area contributed by atoms with Gasteiger partial charge in [-0.05, 0) is 29.7 Å². The van der Waals surface area contributed by atoms with Crippen molar-refractivity contribution in [3.05, 3.63) is 102 Å². The molecule has 32 heavy (non-hydrogen) atoms. The number of hydrogen-bond donors (Lipinski definition) is 3. The molecule has 0 saturated heterocycles. The molecule has 1 unspecified atom stereocenters. The van der Waals surface area contributed by atoms with Crippen LogP contribution in [0.25, 0.3) is 6.08 Å². The van der Waals surface area contributed by atoms with Crippen molar-refractivity contribution in [1.29, 1.82) is 0 Å². The summed E-state index contributed by atoms with van der Waals surface area (Å²) in [5, 5.41) is 11.5. The van der Waals surface area contributed by atoms with Crippen LogP contribution in [0, 0.1) is 0 Å². The van der Waals surface area contributed by atoms with Gasteiger partial charge in [-0.3, -0.25) is 19.6 Å². The molecule has 7 nitrogen and oxygen atoms in total. The van der Waals surface area contributed by atoms with Crippen LogP contribution in [0.3, 0.4) is 0 Å². The molecule has 1 atom stereocenters. The monoisotopic (exact) mass is 433 g/mol. The van der Waals surface area contributed by atoms with Crippen molar-refractivity contribution >= 4 is 23.8 Å². The summed E-state index contributed by atoms with van der Waals surface area (Å²) in [5.41, 5.74) is 3.79. The zero-order chi connectivity index (χ0) is 23.3. The lowest BCUT2D eigenvalue weighted by Gasteiger charge is -2.27. The molecule has 0 aliphatic heterocycles. The lowest BCUT2D eigenvalue weighted by atomic mass is 10.0. The van der Waals surface area contributed by atoms with E-state index >= 15 is 0 Å². The highest BCUT2D eigenvalue weighted by Crippen LogP contribution is 2.22. The maximum absolute atomic E-state index is 13.1. The van der Waals surface area contributed by atoms with Crippen LogP contribution in [0.5, 0.6) is 0 Å². The number of allylic oxidation sites excluding steroid dienone is 3. The molecule has 0 saturated carbocycles. The van der Waals surface area contributed by atoms with Gasteiger partial charge in [-0.1, -0.05) is 72.8 Å². The Morgan fingerprint density at radius 1 is 1.00 bits per heavy atom. The number of rotatable bonds is 9. The van der Waals surface area contributed by atoms with Crippen LogP contribution in [0.4, 0.5) is 0 Å². The lowest BCUT2D eigenvalue weighted by molar-refractivity contribution is -0.136. The zero-order valence-electron chi connectivity index (χ0n) is 18.1. The summed E-state index contributed by atoms with van der Waals surface area (Å²) >= 11 is 0. The normalized spacial score (nSPS) is 12.2. The first-order chi connectivity index (χ1) is 15.5. The van der Waals surface area contributed by atoms with E-state index < -0.39 is 11.9 Å². The minimum absolute atomic E-state index is 0.313. The van der Waals surface area contributed by atoms with Crippen molar-refractivity contribution in [3.63, 3.8) is 0 Å². The predicted octanol–water partition coefficient (Wildman–Crippen LogP) is 3.15. The molecule has 2 aromatic carbocycles. The Bertz CT molecular complexity index is 996. The SMILES string of the molecule is C/C=C/C=C/C(=O)N(C)C(C(=O)NCc1ccccc1)c1ccc(/C=C/C(=O)NO)cc1. The average molecular weight is 434 g/mol. The number of likely N-dealkylation sites (N-methyl/N-ethyl adjacent to an activating group) is 1. The summed E-state index contributed by atoms with van der Waals surface area (Å²) in [6.07, 6.45) is 9.27. The molecule has 0 radical (unpaired) electrons. The Morgan fingerprint density at radius 3 is 2.31 bits per heavy atom. The minimum atomic E-state index is -0.847. The van der Waals surface area contributed by atoms with Gasteiger partial charge in [0, 0.05) is 25.7 Å². The summed E-state index contributed by atoms with van der Waals surface area (Å²) in [7, 11) is 1.58. The lowest BCUT2D eigenvalue weighted by Crippen LogP contribution is -2.40. The van der Waals surface area contributed by atoms with Gasteiger partial charge < -0.3 is 10.2 Å². The van der Waals surface area contributed by atoms with E-state index in [1.807, 2.05) is 37.3 Å². The van der Waals surface area contributed by atoms with Crippen LogP contribution in [0.2, 0.25) is 0 Å². The van der Waals surface area contributed by atoms with Crippen molar-refractivity contribution in [2.75, 3.05) is 7.05 Å². The number of hydrogen-bond acceptors (Lipinski definition) is 4. The van der Waals surface area contributed by atoms with Gasteiger partial charge in [0.05, 0.1) is 0 Å². The first kappa shape index (κ1) is 24.3. The number of carbonyl (C=O) groups is 3. The van der Waals surface area contributed by atoms with Crippen LogP contribution in [0.15, 0.2) is 85.0 Å². The number of amides is 3. The minimum Gasteiger partial charge on any atom is -0.350 e. The fourth-order valence-electron chi connectivity index (χ4n) is 2.92. The van der Waals surface area contributed by atoms with Gasteiger partial charge in [0.25, 0.3) is 5.91 Å². The van der Waals surface area contributed by atoms with Crippen LogP contribution in [-0.2, 0) is 20.9 Å². The number of nitrogens with zero attached hydrogens (tertiary/aromatic N) is 1. The average Bonchev–Trinajstić information content (AvgIpc) is 2.82. The molecule has 0 heterocycles. The zero-order valence-corrected chi connectivity index (χ0v) is 18.1. The highest BCUT2D eigenvalue weighted by molar-refractivity contribution is 5.93. The number of benzene rings is 2. The molecule has 166 valence electrons. The third-order valence-corrected chi connectivity index (χ3v) is 4.62. The Morgan fingerprint density at radius 2 is 1.69 bits per heavy atom. The van der Waals surface area contributed by atoms with E-state index in [9.17, 15) is 14.4 Å². The van der Waals surface area contributed by atoms with Crippen LogP contribution >= 0.6 is 0 Å². The van der Waals surface area contributed by atoms with Crippen molar-refractivity contribution in [3.8, 4) is 0 Å². The summed E-state index contributed by atoms with van der Waals surface area (Å²) in [5.74, 6) is -1.27. The van der Waals surface area contributed by atoms with E-state index in [-0.39, 0.29) is 11.8 Å². The predicted molar refractivity (Wildman–Crippen MR) is 123 cm³/mol. The van der Waals surface area contributed by atoms with E-state index in [1.165, 1.54) is 28.6 Å². The fourth-order valence-corrected chi connectivity index (χ4v) is 2.92. The highest BCUT2D eigenvalue weighted by atomic mass is 16.5. The third-order valence-electron chi connectivity index (χ3n) is 4.62. The molecule has 2 rings (SSSR count). The quantitative estimate of drug-likeness (QED) is 0.245. The van der Waals surface area contributed by atoms with Crippen molar-refractivity contribution in [1.82, 2.24) is 15.7 Å². The molecule has 3 amide bonds. The molecular formula is C25H27N3O4. The second-order valence-electron chi connectivity index (χ2n) is 6.92. The van der Waals surface area contributed by atoms with Crippen molar-refractivity contribution < 1.29 is 19.6 Å². The second kappa shape index (κ2) is 12.7. The number of carbonyl (C=O) groups excluding carboxylic acids is 3. The number of hydroxylamine groups is 1. The number of nitrogens with one attached hydrogen (secondary N) is 2. The summed E-state index contributed by atoms with van der Waals surface area (Å²) < 4.78 is 0. The summed E-state index contributed by atoms with van der Waals surface area (Å²) in [6.45, 7) is 2.18. The van der Waals surface area contributed by atoms with Crippen LogP contribution in [0.1, 0.15) is 29.7 Å². The standard InChI is InChI=1S/C25H27N3O4/c1-3-4-6-11-23(30)28(2)24(25(31)26-18-20-9-7-5-8-10-20)21-15-12-19(13-16-21)14-17-22(29)27-32/h3-17,24,32H,18H2,1-2H3,(H,26,31)(H,27,29)/b4-3+,11-6+,17-14+. The first-order valence-electron chi connectivity index (χ1n) is 10.1. The molecule has 0 bridgehead atoms. The molecule has 0 aliphatic carbocycles. The Balaban J connectivity index is 2.26. The van der Waals surface area contributed by atoms with E-state index in [0.717, 1.165) is 5.56 Å². The van der Waals surface area contributed by atoms with E-state index in [1.54, 1.807) is 49.5 Å². The first-order valence-corrected chi connectivity index (χ1v) is 10.1. The molecule has 7 heteroatoms. The van der Waals surface area contributed by atoms with Crippen molar-refractivity contribution in [2.24, 2.45) is 0 Å². The highest BCUT2D eigenvalue weighted by Gasteiger charge is 2.27. The van der Waals surface area contributed by atoms with Gasteiger partial charge in [-0.25, -0.2) is 5.48 Å². The van der Waals surface area contributed by atoms with E-state index in [0.29, 0.717) is 17.7 Å². The van der Waals surface area contributed by atoms with E-state index in [4.69, 9.17) is 5.21 Å². The molecule has 0 aromatic heterocycles. The molecule has 0 aliphatic rings. The largest absolute Gasteiger partial charge is 0.350 e. The summed E-state index contributed by atoms with van der Waals surface area (Å²) in [4.78, 5) is 38.3. The Labute approximate surface area is 187 Å². The van der Waals surface area contributed by atoms with Gasteiger partial charge in [-0.2, -0.15) is 0 Å². The maximum atomic E-state index is 13.1. The van der Waals surface area contributed by atoms with Crippen molar-refractivity contribution in [2.45, 2.75) is 19.5 Å². The van der Waals surface area contributed by atoms with Gasteiger partial charge in [0.2, 0.25) is 11.8 Å². The van der Waals surface area contributed by atoms with Crippen LogP contribution in [-0.4, -0.2) is 34.9 Å². The molecule has 0 fully saturated rings. The Kier molecular flexibility index (Phi) is 9.62. The van der Waals surface area contributed by atoms with Crippen LogP contribution < -0.4 is 10.8 Å². The van der Waals surface area contributed by atoms with Gasteiger partial charge >= 0.3 is 0 Å². The van der Waals surface area contributed by atoms with Gasteiger partial charge in [0.15, 0.2) is 0 Å². The van der Waals surface area contributed by atoms with Gasteiger partial charge in [0.1, 0.15) is 6.04 Å². The molecule has 2 aromatic rings.